The Hall–Kier alpha value is -4.15. The molecule has 0 saturated heterocycles. The molecule has 0 saturated carbocycles. The van der Waals surface area contributed by atoms with Crippen LogP contribution >= 0.6 is 15.9 Å². The van der Waals surface area contributed by atoms with Gasteiger partial charge in [0.1, 0.15) is 18.3 Å². The highest BCUT2D eigenvalue weighted by atomic mass is 79.9. The number of nitrogens with zero attached hydrogens (tertiary/aromatic N) is 2. The Labute approximate surface area is 261 Å². The maximum Gasteiger partial charge on any atom is 0.264 e. The fraction of sp³-hybridized carbons (Fsp3) is 0.212. The first kappa shape index (κ1) is 31.8. The van der Waals surface area contributed by atoms with Crippen molar-refractivity contribution in [3.63, 3.8) is 0 Å². The molecular formula is C33H34BrN3O5S. The number of methoxy groups -OCH3 is 1. The topological polar surface area (TPSA) is 96.0 Å². The lowest BCUT2D eigenvalue weighted by molar-refractivity contribution is -0.140. The smallest absolute Gasteiger partial charge is 0.264 e. The largest absolute Gasteiger partial charge is 0.497 e. The van der Waals surface area contributed by atoms with E-state index in [4.69, 9.17) is 4.74 Å². The standard InChI is InChI=1S/C33H34BrN3O5S/c1-3-35-33(39)31(22-25-10-6-4-7-11-25)36(23-26-14-16-27(34)17-15-26)32(38)24-37(28-18-20-29(42-2)21-19-28)43(40,41)30-12-8-5-9-13-30/h4-21,31H,3,22-24H2,1-2H3,(H,35,39)/t31-/m1/s1. The average molecular weight is 665 g/mol. The molecule has 2 amide bonds. The van der Waals surface area contributed by atoms with Gasteiger partial charge in [-0.3, -0.25) is 13.9 Å². The first-order valence-corrected chi connectivity index (χ1v) is 16.0. The van der Waals surface area contributed by atoms with Crippen LogP contribution in [0.15, 0.2) is 119 Å². The average Bonchev–Trinajstić information content (AvgIpc) is 3.03. The van der Waals surface area contributed by atoms with E-state index in [-0.39, 0.29) is 23.8 Å². The molecule has 0 heterocycles. The van der Waals surface area contributed by atoms with Gasteiger partial charge in [0.2, 0.25) is 11.8 Å². The van der Waals surface area contributed by atoms with Gasteiger partial charge in [-0.15, -0.1) is 0 Å². The minimum Gasteiger partial charge on any atom is -0.497 e. The molecule has 0 aromatic heterocycles. The Morgan fingerprint density at radius 1 is 0.837 bits per heavy atom. The maximum absolute atomic E-state index is 14.3. The molecule has 10 heteroatoms. The maximum atomic E-state index is 14.3. The van der Waals surface area contributed by atoms with Crippen LogP contribution in [0.4, 0.5) is 5.69 Å². The van der Waals surface area contributed by atoms with Crippen LogP contribution < -0.4 is 14.4 Å². The molecule has 43 heavy (non-hydrogen) atoms. The van der Waals surface area contributed by atoms with Gasteiger partial charge < -0.3 is 15.0 Å². The van der Waals surface area contributed by atoms with E-state index in [1.54, 1.807) is 42.5 Å². The van der Waals surface area contributed by atoms with Gasteiger partial charge in [0.25, 0.3) is 10.0 Å². The first-order valence-electron chi connectivity index (χ1n) is 13.8. The van der Waals surface area contributed by atoms with Gasteiger partial charge >= 0.3 is 0 Å². The zero-order valence-electron chi connectivity index (χ0n) is 24.0. The number of ether oxygens (including phenoxy) is 1. The monoisotopic (exact) mass is 663 g/mol. The molecule has 1 N–H and O–H groups in total. The third-order valence-corrected chi connectivity index (χ3v) is 9.18. The van der Waals surface area contributed by atoms with Crippen molar-refractivity contribution in [2.75, 3.05) is 24.5 Å². The Morgan fingerprint density at radius 3 is 2.02 bits per heavy atom. The summed E-state index contributed by atoms with van der Waals surface area (Å²) >= 11 is 3.44. The highest BCUT2D eigenvalue weighted by Crippen LogP contribution is 2.27. The highest BCUT2D eigenvalue weighted by Gasteiger charge is 2.34. The third-order valence-electron chi connectivity index (χ3n) is 6.86. The van der Waals surface area contributed by atoms with Crippen molar-refractivity contribution in [3.8, 4) is 5.75 Å². The predicted molar refractivity (Wildman–Crippen MR) is 171 cm³/mol. The Balaban J connectivity index is 1.78. The summed E-state index contributed by atoms with van der Waals surface area (Å²) in [6.07, 6.45) is 0.253. The van der Waals surface area contributed by atoms with E-state index < -0.39 is 28.5 Å². The molecule has 8 nitrogen and oxygen atoms in total. The molecule has 4 rings (SSSR count). The number of amides is 2. The van der Waals surface area contributed by atoms with Crippen LogP contribution in [0.25, 0.3) is 0 Å². The number of carbonyl (C=O) groups is 2. The quantitative estimate of drug-likeness (QED) is 0.206. The van der Waals surface area contributed by atoms with E-state index in [0.717, 1.165) is 19.9 Å². The second-order valence-corrected chi connectivity index (χ2v) is 12.5. The Morgan fingerprint density at radius 2 is 1.44 bits per heavy atom. The molecule has 0 bridgehead atoms. The number of hydrogen-bond acceptors (Lipinski definition) is 5. The second-order valence-electron chi connectivity index (χ2n) is 9.77. The van der Waals surface area contributed by atoms with Crippen molar-refractivity contribution in [3.05, 3.63) is 125 Å². The number of anilines is 1. The lowest BCUT2D eigenvalue weighted by Crippen LogP contribution is -2.53. The van der Waals surface area contributed by atoms with Crippen molar-refractivity contribution in [2.24, 2.45) is 0 Å². The number of rotatable bonds is 13. The second kappa shape index (κ2) is 14.8. The fourth-order valence-electron chi connectivity index (χ4n) is 4.63. The van der Waals surface area contributed by atoms with Crippen LogP contribution in [0.3, 0.4) is 0 Å². The van der Waals surface area contributed by atoms with Crippen LogP contribution in [-0.2, 0) is 32.6 Å². The minimum absolute atomic E-state index is 0.0441. The van der Waals surface area contributed by atoms with Crippen LogP contribution in [-0.4, -0.2) is 51.4 Å². The third kappa shape index (κ3) is 8.24. The SMILES string of the molecule is CCNC(=O)[C@@H](Cc1ccccc1)N(Cc1ccc(Br)cc1)C(=O)CN(c1ccc(OC)cc1)S(=O)(=O)c1ccccc1. The normalized spacial score (nSPS) is 11.8. The van der Waals surface area contributed by atoms with E-state index in [1.807, 2.05) is 61.5 Å². The van der Waals surface area contributed by atoms with Gasteiger partial charge in [0.15, 0.2) is 0 Å². The summed E-state index contributed by atoms with van der Waals surface area (Å²) in [6, 6.07) is 30.4. The van der Waals surface area contributed by atoms with Crippen LogP contribution in [0.2, 0.25) is 0 Å². The fourth-order valence-corrected chi connectivity index (χ4v) is 6.33. The van der Waals surface area contributed by atoms with Crippen LogP contribution in [0.1, 0.15) is 18.1 Å². The lowest BCUT2D eigenvalue weighted by Gasteiger charge is -2.33. The molecule has 0 aliphatic carbocycles. The molecular weight excluding hydrogens is 630 g/mol. The summed E-state index contributed by atoms with van der Waals surface area (Å²) in [5, 5.41) is 2.86. The molecule has 4 aromatic carbocycles. The van der Waals surface area contributed by atoms with Crippen LogP contribution in [0.5, 0.6) is 5.75 Å². The number of benzene rings is 4. The van der Waals surface area contributed by atoms with Gasteiger partial charge in [-0.1, -0.05) is 76.6 Å². The molecule has 224 valence electrons. The van der Waals surface area contributed by atoms with Crippen molar-refractivity contribution in [1.29, 1.82) is 0 Å². The van der Waals surface area contributed by atoms with Gasteiger partial charge in [-0.25, -0.2) is 8.42 Å². The molecule has 0 aliphatic heterocycles. The van der Waals surface area contributed by atoms with Crippen molar-refractivity contribution >= 4 is 43.5 Å². The molecule has 0 radical (unpaired) electrons. The van der Waals surface area contributed by atoms with Crippen molar-refractivity contribution in [1.82, 2.24) is 10.2 Å². The molecule has 0 spiro atoms. The van der Waals surface area contributed by atoms with E-state index >= 15 is 0 Å². The first-order chi connectivity index (χ1) is 20.7. The number of hydrogen-bond donors (Lipinski definition) is 1. The minimum atomic E-state index is -4.16. The summed E-state index contributed by atoms with van der Waals surface area (Å²) < 4.78 is 35.2. The zero-order valence-corrected chi connectivity index (χ0v) is 26.4. The highest BCUT2D eigenvalue weighted by molar-refractivity contribution is 9.10. The molecule has 4 aromatic rings. The molecule has 0 unspecified atom stereocenters. The van der Waals surface area contributed by atoms with Gasteiger partial charge in [0.05, 0.1) is 17.7 Å². The summed E-state index contributed by atoms with van der Waals surface area (Å²) in [4.78, 5) is 29.4. The number of nitrogens with one attached hydrogen (secondary N) is 1. The molecule has 0 fully saturated rings. The molecule has 0 aliphatic rings. The van der Waals surface area contributed by atoms with Crippen molar-refractivity contribution in [2.45, 2.75) is 30.8 Å². The van der Waals surface area contributed by atoms with Gasteiger partial charge in [-0.2, -0.15) is 0 Å². The number of halogens is 1. The summed E-state index contributed by atoms with van der Waals surface area (Å²) in [7, 11) is -2.64. The molecule has 1 atom stereocenters. The number of carbonyl (C=O) groups excluding carboxylic acids is 2. The number of sulfonamides is 1. The van der Waals surface area contributed by atoms with Gasteiger partial charge in [0, 0.05) is 24.0 Å². The lowest BCUT2D eigenvalue weighted by atomic mass is 10.0. The van der Waals surface area contributed by atoms with Crippen LogP contribution in [0, 0.1) is 0 Å². The summed E-state index contributed by atoms with van der Waals surface area (Å²) in [5.41, 5.74) is 1.95. The Bertz CT molecular complexity index is 1600. The van der Waals surface area contributed by atoms with Gasteiger partial charge in [-0.05, 0) is 66.6 Å². The summed E-state index contributed by atoms with van der Waals surface area (Å²) in [5.74, 6) is -0.299. The van der Waals surface area contributed by atoms with E-state index in [1.165, 1.54) is 24.1 Å². The zero-order chi connectivity index (χ0) is 30.8. The van der Waals surface area contributed by atoms with E-state index in [9.17, 15) is 18.0 Å². The summed E-state index contributed by atoms with van der Waals surface area (Å²) in [6.45, 7) is 1.77. The number of likely N-dealkylation sites (N-methyl/N-ethyl adjacent to an activating group) is 1. The van der Waals surface area contributed by atoms with E-state index in [2.05, 4.69) is 21.2 Å². The van der Waals surface area contributed by atoms with Crippen molar-refractivity contribution < 1.29 is 22.7 Å². The predicted octanol–water partition coefficient (Wildman–Crippen LogP) is 5.43. The van der Waals surface area contributed by atoms with E-state index in [0.29, 0.717) is 18.0 Å². The Kier molecular flexibility index (Phi) is 11.0.